The maximum atomic E-state index is 11.0. The summed E-state index contributed by atoms with van der Waals surface area (Å²) in [6.07, 6.45) is 23.4. The van der Waals surface area contributed by atoms with Crippen LogP contribution in [0.2, 0.25) is 0 Å². The fourth-order valence-corrected chi connectivity index (χ4v) is 2.22. The number of amides is 1. The van der Waals surface area contributed by atoms with Gasteiger partial charge in [-0.1, -0.05) is 63.3 Å². The standard InChI is InChI=1S/C19H35NO/c1-3-4-5-6-7-8-9-10-11-12-13-14-15-16-17-18-19(21)20-2/h7-8,10-11H,3-6,9,12-18H2,1-2H3,(H,20,21)/b8-7-,11-10?. The molecular weight excluding hydrogens is 258 g/mol. The van der Waals surface area contributed by atoms with Gasteiger partial charge >= 0.3 is 0 Å². The fourth-order valence-electron chi connectivity index (χ4n) is 2.22. The zero-order chi connectivity index (χ0) is 15.6. The molecule has 0 saturated carbocycles. The molecule has 122 valence electrons. The van der Waals surface area contributed by atoms with Gasteiger partial charge in [0.05, 0.1) is 0 Å². The molecule has 0 aromatic carbocycles. The molecule has 0 aliphatic heterocycles. The molecule has 1 amide bonds. The Labute approximate surface area is 132 Å². The smallest absolute Gasteiger partial charge is 0.219 e. The Hall–Kier alpha value is -1.05. The summed E-state index contributed by atoms with van der Waals surface area (Å²) in [5, 5.41) is 2.66. The van der Waals surface area contributed by atoms with Gasteiger partial charge in [0.1, 0.15) is 0 Å². The van der Waals surface area contributed by atoms with Crippen LogP contribution in [0, 0.1) is 0 Å². The molecule has 0 atom stereocenters. The minimum absolute atomic E-state index is 0.167. The predicted octanol–water partition coefficient (Wildman–Crippen LogP) is 5.55. The third-order valence-corrected chi connectivity index (χ3v) is 3.63. The fraction of sp³-hybridized carbons (Fsp3) is 0.737. The molecule has 0 radical (unpaired) electrons. The van der Waals surface area contributed by atoms with Gasteiger partial charge in [-0.2, -0.15) is 0 Å². The van der Waals surface area contributed by atoms with E-state index in [2.05, 4.69) is 36.5 Å². The van der Waals surface area contributed by atoms with Crippen LogP contribution in [0.15, 0.2) is 24.3 Å². The number of rotatable bonds is 14. The molecule has 1 N–H and O–H groups in total. The van der Waals surface area contributed by atoms with E-state index in [9.17, 15) is 4.79 Å². The van der Waals surface area contributed by atoms with Gasteiger partial charge in [0.15, 0.2) is 0 Å². The Kier molecular flexibility index (Phi) is 16.2. The number of carbonyl (C=O) groups excluding carboxylic acids is 1. The zero-order valence-electron chi connectivity index (χ0n) is 14.2. The molecule has 0 aromatic rings. The Balaban J connectivity index is 3.20. The third kappa shape index (κ3) is 16.9. The maximum absolute atomic E-state index is 11.0. The van der Waals surface area contributed by atoms with Gasteiger partial charge < -0.3 is 5.32 Å². The highest BCUT2D eigenvalue weighted by molar-refractivity contribution is 5.75. The molecule has 21 heavy (non-hydrogen) atoms. The Morgan fingerprint density at radius 2 is 1.38 bits per heavy atom. The van der Waals surface area contributed by atoms with Crippen molar-refractivity contribution in [3.05, 3.63) is 24.3 Å². The van der Waals surface area contributed by atoms with Crippen LogP contribution in [0.1, 0.15) is 84.0 Å². The molecule has 0 fully saturated rings. The molecular formula is C19H35NO. The molecule has 0 unspecified atom stereocenters. The number of hydrogen-bond acceptors (Lipinski definition) is 1. The van der Waals surface area contributed by atoms with Crippen LogP contribution >= 0.6 is 0 Å². The number of unbranched alkanes of at least 4 members (excludes halogenated alkanes) is 8. The number of nitrogens with one attached hydrogen (secondary N) is 1. The lowest BCUT2D eigenvalue weighted by Crippen LogP contribution is -2.16. The van der Waals surface area contributed by atoms with E-state index in [1.807, 2.05) is 0 Å². The van der Waals surface area contributed by atoms with Crippen molar-refractivity contribution >= 4 is 5.91 Å². The van der Waals surface area contributed by atoms with Gasteiger partial charge in [-0.15, -0.1) is 0 Å². The van der Waals surface area contributed by atoms with Crippen molar-refractivity contribution in [1.29, 1.82) is 0 Å². The van der Waals surface area contributed by atoms with E-state index in [0.717, 1.165) is 12.8 Å². The summed E-state index contributed by atoms with van der Waals surface area (Å²) in [6, 6.07) is 0. The Morgan fingerprint density at radius 3 is 2.00 bits per heavy atom. The van der Waals surface area contributed by atoms with E-state index in [-0.39, 0.29) is 5.91 Å². The first-order valence-corrected chi connectivity index (χ1v) is 8.81. The summed E-state index contributed by atoms with van der Waals surface area (Å²) < 4.78 is 0. The molecule has 0 aliphatic carbocycles. The zero-order valence-corrected chi connectivity index (χ0v) is 14.2. The summed E-state index contributed by atoms with van der Waals surface area (Å²) in [7, 11) is 1.70. The van der Waals surface area contributed by atoms with Gasteiger partial charge in [0.2, 0.25) is 5.91 Å². The summed E-state index contributed by atoms with van der Waals surface area (Å²) in [6.45, 7) is 2.24. The maximum Gasteiger partial charge on any atom is 0.219 e. The quantitative estimate of drug-likeness (QED) is 0.330. The summed E-state index contributed by atoms with van der Waals surface area (Å²) in [5.41, 5.74) is 0. The van der Waals surface area contributed by atoms with E-state index < -0.39 is 0 Å². The Bertz CT molecular complexity index is 281. The molecule has 0 aliphatic rings. The molecule has 0 bridgehead atoms. The van der Waals surface area contributed by atoms with Crippen LogP contribution < -0.4 is 5.32 Å². The summed E-state index contributed by atoms with van der Waals surface area (Å²) >= 11 is 0. The largest absolute Gasteiger partial charge is 0.359 e. The number of carbonyl (C=O) groups is 1. The average molecular weight is 293 g/mol. The lowest BCUT2D eigenvalue weighted by atomic mass is 10.1. The number of hydrogen-bond donors (Lipinski definition) is 1. The molecule has 0 spiro atoms. The second-order valence-electron chi connectivity index (χ2n) is 5.65. The van der Waals surface area contributed by atoms with Crippen molar-refractivity contribution in [2.75, 3.05) is 7.05 Å². The highest BCUT2D eigenvalue weighted by Crippen LogP contribution is 2.08. The first kappa shape index (κ1) is 19.9. The third-order valence-electron chi connectivity index (χ3n) is 3.63. The molecule has 0 aromatic heterocycles. The van der Waals surface area contributed by atoms with Gasteiger partial charge in [-0.25, -0.2) is 0 Å². The molecule has 0 saturated heterocycles. The lowest BCUT2D eigenvalue weighted by molar-refractivity contribution is -0.120. The van der Waals surface area contributed by atoms with Gasteiger partial charge in [-0.05, 0) is 38.5 Å². The van der Waals surface area contributed by atoms with Gasteiger partial charge in [0, 0.05) is 13.5 Å². The summed E-state index contributed by atoms with van der Waals surface area (Å²) in [5.74, 6) is 0.167. The van der Waals surface area contributed by atoms with Crippen LogP contribution in [0.3, 0.4) is 0 Å². The van der Waals surface area contributed by atoms with Crippen molar-refractivity contribution in [2.24, 2.45) is 0 Å². The van der Waals surface area contributed by atoms with E-state index >= 15 is 0 Å². The average Bonchev–Trinajstić information content (AvgIpc) is 2.50. The molecule has 0 heterocycles. The van der Waals surface area contributed by atoms with E-state index in [1.54, 1.807) is 7.05 Å². The number of allylic oxidation sites excluding steroid dienone is 4. The van der Waals surface area contributed by atoms with E-state index in [1.165, 1.54) is 57.8 Å². The molecule has 0 rings (SSSR count). The van der Waals surface area contributed by atoms with Crippen molar-refractivity contribution in [3.8, 4) is 0 Å². The highest BCUT2D eigenvalue weighted by Gasteiger charge is 1.96. The second-order valence-corrected chi connectivity index (χ2v) is 5.65. The minimum Gasteiger partial charge on any atom is -0.359 e. The summed E-state index contributed by atoms with van der Waals surface area (Å²) in [4.78, 5) is 11.0. The van der Waals surface area contributed by atoms with E-state index in [0.29, 0.717) is 6.42 Å². The first-order valence-electron chi connectivity index (χ1n) is 8.81. The second kappa shape index (κ2) is 17.0. The van der Waals surface area contributed by atoms with Crippen LogP contribution in [-0.2, 0) is 4.79 Å². The normalized spacial score (nSPS) is 11.5. The SMILES string of the molecule is CCCCC/C=C\CC=CCCCCCCCC(=O)NC. The molecule has 2 nitrogen and oxygen atoms in total. The Morgan fingerprint density at radius 1 is 0.810 bits per heavy atom. The highest BCUT2D eigenvalue weighted by atomic mass is 16.1. The lowest BCUT2D eigenvalue weighted by Gasteiger charge is -2.00. The minimum atomic E-state index is 0.167. The monoisotopic (exact) mass is 293 g/mol. The topological polar surface area (TPSA) is 29.1 Å². The van der Waals surface area contributed by atoms with Crippen LogP contribution in [0.25, 0.3) is 0 Å². The van der Waals surface area contributed by atoms with Crippen molar-refractivity contribution in [2.45, 2.75) is 84.0 Å². The molecule has 2 heteroatoms. The van der Waals surface area contributed by atoms with Crippen molar-refractivity contribution < 1.29 is 4.79 Å². The van der Waals surface area contributed by atoms with Crippen molar-refractivity contribution in [3.63, 3.8) is 0 Å². The first-order chi connectivity index (χ1) is 10.3. The van der Waals surface area contributed by atoms with Gasteiger partial charge in [0.25, 0.3) is 0 Å². The van der Waals surface area contributed by atoms with Crippen LogP contribution in [0.5, 0.6) is 0 Å². The van der Waals surface area contributed by atoms with Crippen LogP contribution in [-0.4, -0.2) is 13.0 Å². The van der Waals surface area contributed by atoms with Crippen molar-refractivity contribution in [1.82, 2.24) is 5.32 Å². The predicted molar refractivity (Wildman–Crippen MR) is 93.4 cm³/mol. The van der Waals surface area contributed by atoms with E-state index in [4.69, 9.17) is 0 Å². The van der Waals surface area contributed by atoms with Gasteiger partial charge in [-0.3, -0.25) is 4.79 Å². The van der Waals surface area contributed by atoms with Crippen LogP contribution in [0.4, 0.5) is 0 Å².